The minimum atomic E-state index is 0.542. The van der Waals surface area contributed by atoms with Crippen molar-refractivity contribution in [3.8, 4) is 0 Å². The molecule has 0 amide bonds. The van der Waals surface area contributed by atoms with Gasteiger partial charge in [0.2, 0.25) is 0 Å². The van der Waals surface area contributed by atoms with Gasteiger partial charge in [-0.1, -0.05) is 12.8 Å². The number of nitrogens with one attached hydrogen (secondary N) is 2. The van der Waals surface area contributed by atoms with E-state index in [0.29, 0.717) is 6.04 Å². The number of rotatable bonds is 5. The van der Waals surface area contributed by atoms with Crippen LogP contribution >= 0.6 is 11.3 Å². The summed E-state index contributed by atoms with van der Waals surface area (Å²) in [6, 6.07) is 3.53. The zero-order chi connectivity index (χ0) is 15.2. The lowest BCUT2D eigenvalue weighted by atomic mass is 10.2. The number of aliphatic imine (C=N–C) groups is 1. The molecule has 5 heteroatoms. The summed E-state index contributed by atoms with van der Waals surface area (Å²) >= 11 is 1.74. The molecule has 1 aromatic rings. The summed E-state index contributed by atoms with van der Waals surface area (Å²) in [4.78, 5) is 7.41. The largest absolute Gasteiger partial charge is 0.357 e. The lowest BCUT2D eigenvalue weighted by Crippen LogP contribution is -2.45. The van der Waals surface area contributed by atoms with Gasteiger partial charge in [-0.2, -0.15) is 11.3 Å². The molecule has 4 nitrogen and oxygen atoms in total. The van der Waals surface area contributed by atoms with Crippen molar-refractivity contribution >= 4 is 17.3 Å². The second-order valence-electron chi connectivity index (χ2n) is 6.39. The summed E-state index contributed by atoms with van der Waals surface area (Å²) in [5.74, 6) is 0.965. The quantitative estimate of drug-likeness (QED) is 0.647. The van der Waals surface area contributed by atoms with Gasteiger partial charge >= 0.3 is 0 Å². The van der Waals surface area contributed by atoms with Crippen LogP contribution in [0.15, 0.2) is 21.8 Å². The molecule has 0 radical (unpaired) electrons. The van der Waals surface area contributed by atoms with Crippen molar-refractivity contribution in [2.45, 2.75) is 57.7 Å². The summed E-state index contributed by atoms with van der Waals surface area (Å²) in [7, 11) is 0. The van der Waals surface area contributed by atoms with Crippen LogP contribution in [-0.2, 0) is 6.54 Å². The predicted molar refractivity (Wildman–Crippen MR) is 94.5 cm³/mol. The van der Waals surface area contributed by atoms with Crippen molar-refractivity contribution in [1.82, 2.24) is 15.5 Å². The number of nitrogens with zero attached hydrogens (tertiary/aromatic N) is 2. The smallest absolute Gasteiger partial charge is 0.191 e. The third-order valence-corrected chi connectivity index (χ3v) is 5.48. The Kier molecular flexibility index (Phi) is 5.73. The Hall–Kier alpha value is -1.07. The molecule has 1 saturated carbocycles. The number of likely N-dealkylation sites (tertiary alicyclic amines) is 1. The first-order valence-electron chi connectivity index (χ1n) is 8.65. The monoisotopic (exact) mass is 320 g/mol. The molecule has 1 saturated heterocycles. The highest BCUT2D eigenvalue weighted by atomic mass is 32.1. The van der Waals surface area contributed by atoms with E-state index >= 15 is 0 Å². The van der Waals surface area contributed by atoms with Crippen molar-refractivity contribution < 1.29 is 0 Å². The fourth-order valence-electron chi connectivity index (χ4n) is 3.57. The van der Waals surface area contributed by atoms with E-state index in [1.165, 1.54) is 50.8 Å². The summed E-state index contributed by atoms with van der Waals surface area (Å²) < 4.78 is 0. The summed E-state index contributed by atoms with van der Waals surface area (Å²) in [5, 5.41) is 11.3. The van der Waals surface area contributed by atoms with Gasteiger partial charge in [-0.15, -0.1) is 0 Å². The highest BCUT2D eigenvalue weighted by Gasteiger charge is 2.30. The van der Waals surface area contributed by atoms with Crippen molar-refractivity contribution in [2.75, 3.05) is 19.6 Å². The van der Waals surface area contributed by atoms with Crippen LogP contribution < -0.4 is 10.6 Å². The highest BCUT2D eigenvalue weighted by Crippen LogP contribution is 2.26. The molecular weight excluding hydrogens is 292 g/mol. The van der Waals surface area contributed by atoms with E-state index in [-0.39, 0.29) is 0 Å². The van der Waals surface area contributed by atoms with Crippen LogP contribution in [0.1, 0.15) is 44.6 Å². The van der Waals surface area contributed by atoms with Crippen LogP contribution in [0.4, 0.5) is 0 Å². The third kappa shape index (κ3) is 4.23. The molecule has 1 unspecified atom stereocenters. The van der Waals surface area contributed by atoms with Gasteiger partial charge in [-0.25, -0.2) is 4.99 Å². The SMILES string of the molecule is CCNC(=NCc1ccsc1)NC1CCN(C2CCCC2)C1. The minimum absolute atomic E-state index is 0.542. The number of thiophene rings is 1. The van der Waals surface area contributed by atoms with Crippen molar-refractivity contribution in [1.29, 1.82) is 0 Å². The molecule has 0 bridgehead atoms. The van der Waals surface area contributed by atoms with Gasteiger partial charge in [0.1, 0.15) is 0 Å². The summed E-state index contributed by atoms with van der Waals surface area (Å²) in [5.41, 5.74) is 1.29. The molecular formula is C17H28N4S. The lowest BCUT2D eigenvalue weighted by molar-refractivity contribution is 0.242. The van der Waals surface area contributed by atoms with Crippen molar-refractivity contribution in [2.24, 2.45) is 4.99 Å². The number of hydrogen-bond acceptors (Lipinski definition) is 3. The van der Waals surface area contributed by atoms with Crippen LogP contribution in [0.5, 0.6) is 0 Å². The second-order valence-corrected chi connectivity index (χ2v) is 7.17. The topological polar surface area (TPSA) is 39.7 Å². The van der Waals surface area contributed by atoms with E-state index in [1.54, 1.807) is 11.3 Å². The zero-order valence-electron chi connectivity index (χ0n) is 13.6. The molecule has 1 aromatic heterocycles. The summed E-state index contributed by atoms with van der Waals surface area (Å²) in [6.07, 6.45) is 6.88. The number of guanidine groups is 1. The van der Waals surface area contributed by atoms with Crippen molar-refractivity contribution in [3.05, 3.63) is 22.4 Å². The van der Waals surface area contributed by atoms with Crippen LogP contribution in [0.2, 0.25) is 0 Å². The third-order valence-electron chi connectivity index (χ3n) is 4.75. The Morgan fingerprint density at radius 1 is 1.36 bits per heavy atom. The van der Waals surface area contributed by atoms with Gasteiger partial charge in [-0.3, -0.25) is 4.90 Å². The normalized spacial score (nSPS) is 24.0. The first kappa shape index (κ1) is 15.8. The number of hydrogen-bond donors (Lipinski definition) is 2. The van der Waals surface area contributed by atoms with E-state index in [1.807, 2.05) is 0 Å². The molecule has 2 N–H and O–H groups in total. The van der Waals surface area contributed by atoms with Crippen LogP contribution in [0, 0.1) is 0 Å². The maximum atomic E-state index is 4.72. The van der Waals surface area contributed by atoms with E-state index in [0.717, 1.165) is 25.1 Å². The maximum Gasteiger partial charge on any atom is 0.191 e. The molecule has 0 aromatic carbocycles. The van der Waals surface area contributed by atoms with Crippen LogP contribution in [0.3, 0.4) is 0 Å². The zero-order valence-corrected chi connectivity index (χ0v) is 14.4. The molecule has 22 heavy (non-hydrogen) atoms. The van der Waals surface area contributed by atoms with Crippen molar-refractivity contribution in [3.63, 3.8) is 0 Å². The molecule has 1 aliphatic heterocycles. The average Bonchev–Trinajstić information content (AvgIpc) is 3.26. The fraction of sp³-hybridized carbons (Fsp3) is 0.706. The fourth-order valence-corrected chi connectivity index (χ4v) is 4.23. The second kappa shape index (κ2) is 7.97. The molecule has 2 aliphatic rings. The molecule has 2 heterocycles. The van der Waals surface area contributed by atoms with Crippen LogP contribution in [0.25, 0.3) is 0 Å². The Bertz CT molecular complexity index is 465. The standard InChI is InChI=1S/C17H28N4S/c1-2-18-17(19-11-14-8-10-22-13-14)20-15-7-9-21(12-15)16-5-3-4-6-16/h8,10,13,15-16H,2-7,9,11-12H2,1H3,(H2,18,19,20). The molecule has 0 spiro atoms. The maximum absolute atomic E-state index is 4.72. The van der Waals surface area contributed by atoms with Gasteiger partial charge in [0.05, 0.1) is 6.54 Å². The predicted octanol–water partition coefficient (Wildman–Crippen LogP) is 2.82. The molecule has 1 atom stereocenters. The molecule has 1 aliphatic carbocycles. The van der Waals surface area contributed by atoms with Crippen LogP contribution in [-0.4, -0.2) is 42.6 Å². The first-order valence-corrected chi connectivity index (χ1v) is 9.59. The highest BCUT2D eigenvalue weighted by molar-refractivity contribution is 7.07. The van der Waals surface area contributed by atoms with Gasteiger partial charge < -0.3 is 10.6 Å². The lowest BCUT2D eigenvalue weighted by Gasteiger charge is -2.24. The molecule has 122 valence electrons. The Balaban J connectivity index is 1.51. The van der Waals surface area contributed by atoms with E-state index in [9.17, 15) is 0 Å². The molecule has 3 rings (SSSR count). The van der Waals surface area contributed by atoms with Gasteiger partial charge in [0, 0.05) is 31.7 Å². The van der Waals surface area contributed by atoms with Gasteiger partial charge in [-0.05, 0) is 48.6 Å². The Morgan fingerprint density at radius 3 is 2.95 bits per heavy atom. The van der Waals surface area contributed by atoms with E-state index < -0.39 is 0 Å². The minimum Gasteiger partial charge on any atom is -0.357 e. The Morgan fingerprint density at radius 2 is 2.23 bits per heavy atom. The first-order chi connectivity index (χ1) is 10.8. The van der Waals surface area contributed by atoms with E-state index in [2.05, 4.69) is 39.3 Å². The summed E-state index contributed by atoms with van der Waals surface area (Å²) in [6.45, 7) is 6.22. The average molecular weight is 321 g/mol. The van der Waals surface area contributed by atoms with Gasteiger partial charge in [0.15, 0.2) is 5.96 Å². The van der Waals surface area contributed by atoms with Gasteiger partial charge in [0.25, 0.3) is 0 Å². The molecule has 2 fully saturated rings. The van der Waals surface area contributed by atoms with E-state index in [4.69, 9.17) is 4.99 Å². The Labute approximate surface area is 138 Å².